The van der Waals surface area contributed by atoms with Crippen molar-refractivity contribution >= 4 is 12.0 Å². The molecule has 0 saturated carbocycles. The lowest BCUT2D eigenvalue weighted by molar-refractivity contribution is -0.135. The second-order valence-electron chi connectivity index (χ2n) is 2.19. The van der Waals surface area contributed by atoms with Gasteiger partial charge in [-0.1, -0.05) is 30.3 Å². The number of esters is 1. The Hall–Kier alpha value is -1.57. The van der Waals surface area contributed by atoms with Gasteiger partial charge < -0.3 is 4.74 Å². The van der Waals surface area contributed by atoms with Crippen LogP contribution in [0.4, 0.5) is 0 Å². The molecule has 0 aromatic heterocycles. The van der Waals surface area contributed by atoms with E-state index in [4.69, 9.17) is 2.74 Å². The molecule has 0 aliphatic heterocycles. The normalized spacial score (nSPS) is 14.1. The zero-order chi connectivity index (χ0) is 10.6. The topological polar surface area (TPSA) is 26.3 Å². The average Bonchev–Trinajstić information content (AvgIpc) is 2.17. The zero-order valence-electron chi connectivity index (χ0n) is 8.70. The van der Waals surface area contributed by atoms with Crippen LogP contribution in [0.25, 0.3) is 6.05 Å². The molecule has 0 N–H and O–H groups in total. The molecule has 0 spiro atoms. The number of hydrogen-bond acceptors (Lipinski definition) is 2. The third-order valence-corrected chi connectivity index (χ3v) is 1.16. The molecule has 0 aliphatic carbocycles. The van der Waals surface area contributed by atoms with Gasteiger partial charge >= 0.3 is 5.97 Å². The molecular formula is C10H10O2. The summed E-state index contributed by atoms with van der Waals surface area (Å²) in [7, 11) is 0. The van der Waals surface area contributed by atoms with E-state index in [1.165, 1.54) is 6.92 Å². The van der Waals surface area contributed by atoms with Crippen molar-refractivity contribution in [2.45, 2.75) is 6.92 Å². The Morgan fingerprint density at radius 1 is 1.50 bits per heavy atom. The fraction of sp³-hybridized carbons (Fsp3) is 0.100. The van der Waals surface area contributed by atoms with Gasteiger partial charge in [-0.25, -0.2) is 0 Å². The minimum absolute atomic E-state index is 0.0965. The van der Waals surface area contributed by atoms with Gasteiger partial charge in [0.15, 0.2) is 0 Å². The molecule has 0 aliphatic rings. The Labute approximate surface area is 74.3 Å². The number of ether oxygens (including phenoxy) is 1. The molecule has 1 rings (SSSR count). The second-order valence-corrected chi connectivity index (χ2v) is 2.19. The molecule has 0 atom stereocenters. The highest BCUT2D eigenvalue weighted by Crippen LogP contribution is 2.00. The summed E-state index contributed by atoms with van der Waals surface area (Å²) in [6.07, 6.45) is -0.427. The van der Waals surface area contributed by atoms with Crippen LogP contribution in [0, 0.1) is 0 Å². The van der Waals surface area contributed by atoms with Gasteiger partial charge in [0.25, 0.3) is 0 Å². The van der Waals surface area contributed by atoms with Crippen LogP contribution in [0.15, 0.2) is 36.6 Å². The summed E-state index contributed by atoms with van der Waals surface area (Å²) in [6, 6.07) is 8.59. The quantitative estimate of drug-likeness (QED) is 0.495. The summed E-state index contributed by atoms with van der Waals surface area (Å²) in [6.45, 7) is 1.20. The van der Waals surface area contributed by atoms with Crippen molar-refractivity contribution in [2.75, 3.05) is 0 Å². The zero-order valence-corrected chi connectivity index (χ0v) is 6.70. The molecule has 12 heavy (non-hydrogen) atoms. The number of carbonyl (C=O) groups excluding carboxylic acids is 1. The van der Waals surface area contributed by atoms with E-state index in [-0.39, 0.29) is 6.05 Å². The van der Waals surface area contributed by atoms with Crippen LogP contribution in [0.5, 0.6) is 0 Å². The minimum Gasteiger partial charge on any atom is -0.435 e. The van der Waals surface area contributed by atoms with Gasteiger partial charge in [-0.2, -0.15) is 0 Å². The van der Waals surface area contributed by atoms with Gasteiger partial charge in [-0.3, -0.25) is 4.79 Å². The first-order chi connectivity index (χ1) is 6.61. The lowest BCUT2D eigenvalue weighted by Crippen LogP contribution is -1.88. The van der Waals surface area contributed by atoms with E-state index < -0.39 is 12.2 Å². The molecule has 0 saturated heterocycles. The Bertz CT molecular complexity index is 358. The van der Waals surface area contributed by atoms with Crippen molar-refractivity contribution in [3.8, 4) is 0 Å². The molecule has 2 nitrogen and oxygen atoms in total. The van der Waals surface area contributed by atoms with Crippen molar-refractivity contribution in [3.63, 3.8) is 0 Å². The van der Waals surface area contributed by atoms with E-state index in [0.717, 1.165) is 0 Å². The smallest absolute Gasteiger partial charge is 0.307 e. The fourth-order valence-electron chi connectivity index (χ4n) is 0.678. The predicted molar refractivity (Wildman–Crippen MR) is 47.2 cm³/mol. The van der Waals surface area contributed by atoms with Crippen molar-refractivity contribution in [2.24, 2.45) is 0 Å². The van der Waals surface area contributed by atoms with E-state index >= 15 is 0 Å². The predicted octanol–water partition coefficient (Wildman–Crippen LogP) is 2.22. The van der Waals surface area contributed by atoms with Gasteiger partial charge in [0.1, 0.15) is 1.37 Å². The van der Waals surface area contributed by atoms with Crippen LogP contribution >= 0.6 is 0 Å². The summed E-state index contributed by atoms with van der Waals surface area (Å²) in [5.41, 5.74) is 0.554. The van der Waals surface area contributed by atoms with E-state index in [1.54, 1.807) is 24.3 Å². The maximum absolute atomic E-state index is 10.5. The Kier molecular flexibility index (Phi) is 2.17. The maximum atomic E-state index is 10.5. The first-order valence-electron chi connectivity index (χ1n) is 4.52. The Morgan fingerprint density at radius 3 is 2.75 bits per heavy atom. The molecular weight excluding hydrogens is 152 g/mol. The fourth-order valence-corrected chi connectivity index (χ4v) is 0.678. The number of hydrogen-bond donors (Lipinski definition) is 0. The van der Waals surface area contributed by atoms with E-state index in [1.807, 2.05) is 6.07 Å². The summed E-state index contributed by atoms with van der Waals surface area (Å²) < 4.78 is 19.3. The standard InChI is InChI=1S/C10H10O2/c1-9(11)12-8-7-10-5-3-2-4-6-10/h2-8H,1H3/b8-7-/i7D,8D. The third kappa shape index (κ3) is 3.01. The average molecular weight is 164 g/mol. The van der Waals surface area contributed by atoms with Crippen molar-refractivity contribution in [1.82, 2.24) is 0 Å². The highest BCUT2D eigenvalue weighted by molar-refractivity contribution is 5.67. The minimum atomic E-state index is -0.587. The molecule has 0 heterocycles. The number of carbonyl (C=O) groups is 1. The van der Waals surface area contributed by atoms with Crippen LogP contribution in [0.2, 0.25) is 0 Å². The molecule has 0 bridgehead atoms. The lowest BCUT2D eigenvalue weighted by Gasteiger charge is -1.91. The molecule has 0 unspecified atom stereocenters. The van der Waals surface area contributed by atoms with Gasteiger partial charge in [-0.15, -0.1) is 0 Å². The summed E-state index contributed by atoms with van der Waals surface area (Å²) in [5, 5.41) is 0. The Morgan fingerprint density at radius 2 is 2.17 bits per heavy atom. The van der Waals surface area contributed by atoms with Gasteiger partial charge in [-0.05, 0) is 11.6 Å². The van der Waals surface area contributed by atoms with Crippen molar-refractivity contribution in [1.29, 1.82) is 0 Å². The molecule has 0 amide bonds. The Balaban J connectivity index is 2.93. The lowest BCUT2D eigenvalue weighted by atomic mass is 10.2. The van der Waals surface area contributed by atoms with Gasteiger partial charge in [0.2, 0.25) is 0 Å². The maximum Gasteiger partial charge on any atom is 0.307 e. The van der Waals surface area contributed by atoms with Crippen LogP contribution in [-0.4, -0.2) is 5.97 Å². The number of rotatable bonds is 2. The van der Waals surface area contributed by atoms with Crippen molar-refractivity contribution in [3.05, 3.63) is 42.1 Å². The van der Waals surface area contributed by atoms with Crippen LogP contribution in [0.3, 0.4) is 0 Å². The van der Waals surface area contributed by atoms with Crippen LogP contribution < -0.4 is 0 Å². The number of benzene rings is 1. The third-order valence-electron chi connectivity index (χ3n) is 1.16. The van der Waals surface area contributed by atoms with Crippen LogP contribution in [0.1, 0.15) is 15.2 Å². The first-order valence-corrected chi connectivity index (χ1v) is 3.52. The summed E-state index contributed by atoms with van der Waals surface area (Å²) in [4.78, 5) is 10.5. The first kappa shape index (κ1) is 6.00. The molecule has 62 valence electrons. The van der Waals surface area contributed by atoms with E-state index in [0.29, 0.717) is 5.56 Å². The monoisotopic (exact) mass is 164 g/mol. The van der Waals surface area contributed by atoms with E-state index in [2.05, 4.69) is 4.74 Å². The largest absolute Gasteiger partial charge is 0.435 e. The SMILES string of the molecule is [2H]/C(OC(C)=O)=C(\[2H])c1ccccc1. The highest BCUT2D eigenvalue weighted by atomic mass is 16.5. The van der Waals surface area contributed by atoms with Gasteiger partial charge in [0.05, 0.1) is 7.61 Å². The highest BCUT2D eigenvalue weighted by Gasteiger charge is 1.85. The molecule has 0 radical (unpaired) electrons. The summed E-state index contributed by atoms with van der Waals surface area (Å²) >= 11 is 0. The molecule has 1 aromatic rings. The van der Waals surface area contributed by atoms with Gasteiger partial charge in [0, 0.05) is 6.92 Å². The second kappa shape index (κ2) is 4.34. The molecule has 0 fully saturated rings. The summed E-state index contributed by atoms with van der Waals surface area (Å²) in [5.74, 6) is -0.587. The van der Waals surface area contributed by atoms with E-state index in [9.17, 15) is 4.79 Å². The van der Waals surface area contributed by atoms with Crippen molar-refractivity contribution < 1.29 is 12.3 Å². The molecule has 2 heteroatoms. The van der Waals surface area contributed by atoms with Crippen LogP contribution in [-0.2, 0) is 9.53 Å². The molecule has 1 aromatic carbocycles.